The van der Waals surface area contributed by atoms with E-state index in [2.05, 4.69) is 47.3 Å². The summed E-state index contributed by atoms with van der Waals surface area (Å²) in [6.07, 6.45) is 3.75. The monoisotopic (exact) mass is 492 g/mol. The van der Waals surface area contributed by atoms with Crippen LogP contribution in [0.3, 0.4) is 0 Å². The van der Waals surface area contributed by atoms with Gasteiger partial charge in [0.1, 0.15) is 11.2 Å². The lowest BCUT2D eigenvalue weighted by Gasteiger charge is -2.36. The highest BCUT2D eigenvalue weighted by Gasteiger charge is 2.38. The zero-order valence-electron chi connectivity index (χ0n) is 17.9. The zero-order valence-corrected chi connectivity index (χ0v) is 20.3. The van der Waals surface area contributed by atoms with Crippen LogP contribution in [0.2, 0.25) is 0 Å². The van der Waals surface area contributed by atoms with Crippen LogP contribution < -0.4 is 15.4 Å². The number of fused-ring (bicyclic) bond motifs is 3. The third-order valence-corrected chi connectivity index (χ3v) is 8.38. The summed E-state index contributed by atoms with van der Waals surface area (Å²) in [6.45, 7) is 9.28. The van der Waals surface area contributed by atoms with Crippen molar-refractivity contribution in [2.24, 2.45) is 11.3 Å². The van der Waals surface area contributed by atoms with Crippen LogP contribution in [-0.4, -0.2) is 17.6 Å². The van der Waals surface area contributed by atoms with Crippen LogP contribution in [-0.2, 0) is 12.8 Å². The summed E-state index contributed by atoms with van der Waals surface area (Å²) >= 11 is 5.18. The number of thiophene rings is 1. The first-order valence-electron chi connectivity index (χ1n) is 10.6. The molecule has 7 heteroatoms. The van der Waals surface area contributed by atoms with Crippen molar-refractivity contribution < 1.29 is 14.6 Å². The Hall–Kier alpha value is -1.73. The van der Waals surface area contributed by atoms with Gasteiger partial charge in [0.15, 0.2) is 11.5 Å². The Labute approximate surface area is 190 Å². The predicted molar refractivity (Wildman–Crippen MR) is 125 cm³/mol. The Morgan fingerprint density at radius 1 is 1.30 bits per heavy atom. The molecule has 162 valence electrons. The average molecular weight is 493 g/mol. The minimum Gasteiger partial charge on any atom is -0.504 e. The van der Waals surface area contributed by atoms with Gasteiger partial charge in [0, 0.05) is 14.9 Å². The molecule has 2 heterocycles. The highest BCUT2D eigenvalue weighted by molar-refractivity contribution is 9.10. The fourth-order valence-corrected chi connectivity index (χ4v) is 6.30. The molecule has 4 rings (SSSR count). The summed E-state index contributed by atoms with van der Waals surface area (Å²) in [5, 5.41) is 18.1. The lowest BCUT2D eigenvalue weighted by molar-refractivity contribution is 0.0934. The fraction of sp³-hybridized carbons (Fsp3) is 0.522. The molecule has 0 spiro atoms. The second-order valence-electron chi connectivity index (χ2n) is 8.82. The third kappa shape index (κ3) is 3.71. The smallest absolute Gasteiger partial charge is 0.256 e. The summed E-state index contributed by atoms with van der Waals surface area (Å²) in [5.41, 5.74) is 2.88. The van der Waals surface area contributed by atoms with Gasteiger partial charge in [-0.2, -0.15) is 0 Å². The van der Waals surface area contributed by atoms with Crippen LogP contribution in [0.1, 0.15) is 73.1 Å². The van der Waals surface area contributed by atoms with Crippen LogP contribution in [0.5, 0.6) is 11.5 Å². The molecule has 2 atom stereocenters. The number of phenolic OH excluding ortho intramolecular Hbond substituents is 1. The van der Waals surface area contributed by atoms with Crippen LogP contribution in [0.25, 0.3) is 0 Å². The van der Waals surface area contributed by atoms with E-state index in [1.807, 2.05) is 13.0 Å². The molecule has 1 aliphatic carbocycles. The van der Waals surface area contributed by atoms with E-state index < -0.39 is 6.17 Å². The van der Waals surface area contributed by atoms with Gasteiger partial charge < -0.3 is 20.5 Å². The van der Waals surface area contributed by atoms with E-state index in [-0.39, 0.29) is 11.7 Å². The molecule has 1 aliphatic heterocycles. The number of aromatic hydroxyl groups is 1. The molecule has 0 saturated heterocycles. The molecule has 0 fully saturated rings. The summed E-state index contributed by atoms with van der Waals surface area (Å²) in [6, 6.07) is 3.55. The van der Waals surface area contributed by atoms with Gasteiger partial charge in [-0.1, -0.05) is 43.1 Å². The Kier molecular flexibility index (Phi) is 5.79. The van der Waals surface area contributed by atoms with E-state index in [4.69, 9.17) is 4.74 Å². The third-order valence-electron chi connectivity index (χ3n) is 6.74. The van der Waals surface area contributed by atoms with Gasteiger partial charge in [-0.05, 0) is 55.2 Å². The molecule has 0 bridgehead atoms. The molecule has 1 aromatic carbocycles. The highest BCUT2D eigenvalue weighted by atomic mass is 79.9. The van der Waals surface area contributed by atoms with Crippen molar-refractivity contribution in [3.63, 3.8) is 0 Å². The average Bonchev–Trinajstić information content (AvgIpc) is 3.08. The molecule has 0 radical (unpaired) electrons. The number of hydrogen-bond acceptors (Lipinski definition) is 5. The van der Waals surface area contributed by atoms with E-state index >= 15 is 0 Å². The first kappa shape index (κ1) is 21.5. The largest absolute Gasteiger partial charge is 0.504 e. The number of hydrogen-bond donors (Lipinski definition) is 3. The first-order chi connectivity index (χ1) is 14.2. The minimum absolute atomic E-state index is 0.0485. The molecule has 30 heavy (non-hydrogen) atoms. The molecule has 3 N–H and O–H groups in total. The number of ether oxygens (including phenoxy) is 1. The van der Waals surface area contributed by atoms with Crippen molar-refractivity contribution in [2.45, 2.75) is 59.5 Å². The van der Waals surface area contributed by atoms with E-state index in [1.165, 1.54) is 10.4 Å². The summed E-state index contributed by atoms with van der Waals surface area (Å²) < 4.78 is 6.34. The number of carbonyl (C=O) groups excluding carboxylic acids is 1. The van der Waals surface area contributed by atoms with E-state index in [9.17, 15) is 9.90 Å². The number of halogens is 1. The molecule has 2 aliphatic rings. The van der Waals surface area contributed by atoms with Crippen molar-refractivity contribution in [3.05, 3.63) is 38.2 Å². The van der Waals surface area contributed by atoms with E-state index in [0.717, 1.165) is 40.7 Å². The number of anilines is 1. The van der Waals surface area contributed by atoms with E-state index in [0.29, 0.717) is 29.3 Å². The number of phenols is 1. The summed E-state index contributed by atoms with van der Waals surface area (Å²) in [4.78, 5) is 14.4. The van der Waals surface area contributed by atoms with E-state index in [1.54, 1.807) is 17.4 Å². The number of rotatable bonds is 5. The van der Waals surface area contributed by atoms with Crippen molar-refractivity contribution in [1.82, 2.24) is 5.32 Å². The highest BCUT2D eigenvalue weighted by Crippen LogP contribution is 2.48. The maximum Gasteiger partial charge on any atom is 0.256 e. The van der Waals surface area contributed by atoms with Gasteiger partial charge in [-0.25, -0.2) is 0 Å². The first-order valence-corrected chi connectivity index (χ1v) is 12.2. The Morgan fingerprint density at radius 3 is 2.77 bits per heavy atom. The van der Waals surface area contributed by atoms with Crippen molar-refractivity contribution in [1.29, 1.82) is 0 Å². The van der Waals surface area contributed by atoms with Gasteiger partial charge in [-0.3, -0.25) is 4.79 Å². The van der Waals surface area contributed by atoms with Crippen molar-refractivity contribution in [3.8, 4) is 11.5 Å². The molecular weight excluding hydrogens is 464 g/mol. The molecule has 2 aromatic rings. The van der Waals surface area contributed by atoms with Crippen LogP contribution in [0, 0.1) is 11.3 Å². The fourth-order valence-electron chi connectivity index (χ4n) is 4.49. The van der Waals surface area contributed by atoms with Crippen molar-refractivity contribution >= 4 is 38.2 Å². The Bertz CT molecular complexity index is 985. The van der Waals surface area contributed by atoms with Crippen LogP contribution in [0.4, 0.5) is 5.00 Å². The van der Waals surface area contributed by atoms with Crippen LogP contribution in [0.15, 0.2) is 16.6 Å². The van der Waals surface area contributed by atoms with Gasteiger partial charge in [0.25, 0.3) is 5.91 Å². The number of carbonyl (C=O) groups is 1. The topological polar surface area (TPSA) is 70.6 Å². The second kappa shape index (κ2) is 8.08. The lowest BCUT2D eigenvalue weighted by atomic mass is 9.69. The SMILES string of the molecule is CCOc1cc(Br)cc(C2NC(=O)c3c(sc4c3CCC(C(C)(C)CC)C4)N2)c1O. The standard InChI is InChI=1S/C23H29BrN2O3S/c1-5-23(3,4)12-7-8-14-17(9-12)30-22-18(14)21(28)25-20(26-22)15-10-13(24)11-16(19(15)27)29-6-2/h10-12,20,26-27H,5-9H2,1-4H3,(H,25,28). The van der Waals surface area contributed by atoms with Gasteiger partial charge in [0.05, 0.1) is 12.2 Å². The lowest BCUT2D eigenvalue weighted by Crippen LogP contribution is -2.38. The number of amides is 1. The van der Waals surface area contributed by atoms with Gasteiger partial charge in [0.2, 0.25) is 0 Å². The molecule has 1 amide bonds. The minimum atomic E-state index is -0.510. The molecular formula is C23H29BrN2O3S. The molecule has 5 nitrogen and oxygen atoms in total. The van der Waals surface area contributed by atoms with Crippen molar-refractivity contribution in [2.75, 3.05) is 11.9 Å². The molecule has 2 unspecified atom stereocenters. The quantitative estimate of drug-likeness (QED) is 0.477. The predicted octanol–water partition coefficient (Wildman–Crippen LogP) is 6.01. The zero-order chi connectivity index (χ0) is 21.6. The number of benzene rings is 1. The van der Waals surface area contributed by atoms with Gasteiger partial charge in [-0.15, -0.1) is 11.3 Å². The Morgan fingerprint density at radius 2 is 2.07 bits per heavy atom. The maximum absolute atomic E-state index is 13.1. The molecule has 0 saturated carbocycles. The maximum atomic E-state index is 13.1. The molecule has 1 aromatic heterocycles. The Balaban J connectivity index is 1.66. The summed E-state index contributed by atoms with van der Waals surface area (Å²) in [5.74, 6) is 1.01. The normalized spacial score (nSPS) is 20.8. The summed E-state index contributed by atoms with van der Waals surface area (Å²) in [7, 11) is 0. The van der Waals surface area contributed by atoms with Gasteiger partial charge >= 0.3 is 0 Å². The van der Waals surface area contributed by atoms with Crippen LogP contribution >= 0.6 is 27.3 Å². The number of nitrogens with one attached hydrogen (secondary N) is 2. The second-order valence-corrected chi connectivity index (χ2v) is 10.8.